The number of benzene rings is 2. The maximum atomic E-state index is 13.8. The van der Waals surface area contributed by atoms with E-state index in [0.29, 0.717) is 99.6 Å². The van der Waals surface area contributed by atoms with Gasteiger partial charge in [-0.1, -0.05) is 25.7 Å². The highest BCUT2D eigenvalue weighted by molar-refractivity contribution is 7.93. The van der Waals surface area contributed by atoms with E-state index in [9.17, 15) is 26.4 Å². The first-order valence-corrected chi connectivity index (χ1v) is 28.6. The number of sulfone groups is 2. The van der Waals surface area contributed by atoms with Gasteiger partial charge in [0.15, 0.2) is 31.3 Å². The summed E-state index contributed by atoms with van der Waals surface area (Å²) in [6, 6.07) is 17.8. The molecule has 6 aliphatic rings. The molecule has 2 atom stereocenters. The molecule has 388 valence electrons. The van der Waals surface area contributed by atoms with Crippen LogP contribution >= 0.6 is 0 Å². The maximum absolute atomic E-state index is 13.8. The second-order valence-electron chi connectivity index (χ2n) is 20.0. The van der Waals surface area contributed by atoms with E-state index in [2.05, 4.69) is 44.9 Å². The SMILES string of the molecule is CNC(=O)Nc1ccc(-c2nc(N3CCOC[C@@H]3C)cc(C3(S(=O)(=O)C4CC4)CCCC3)n2)cc1.C[C@H]1COCCN1c1cc(C2(S(=O)(=O)C3CC3)CCCC2)nc(-c2ccc(NC(=O)NCCO)cc2)n1. The Hall–Kier alpha value is -5.48. The van der Waals surface area contributed by atoms with Crippen LogP contribution in [-0.2, 0) is 38.6 Å². The highest BCUT2D eigenvalue weighted by Gasteiger charge is 2.56. The second-order valence-corrected chi connectivity index (χ2v) is 25.0. The summed E-state index contributed by atoms with van der Waals surface area (Å²) in [5.74, 6) is 2.43. The summed E-state index contributed by atoms with van der Waals surface area (Å²) < 4.78 is 64.4. The zero-order valence-electron chi connectivity index (χ0n) is 41.4. The van der Waals surface area contributed by atoms with Crippen molar-refractivity contribution in [3.05, 3.63) is 72.1 Å². The van der Waals surface area contributed by atoms with Crippen LogP contribution in [0.1, 0.15) is 102 Å². The van der Waals surface area contributed by atoms with E-state index in [1.165, 1.54) is 0 Å². The molecular formula is C51H68N10O9S2. The minimum absolute atomic E-state index is 0.105. The Morgan fingerprint density at radius 3 is 1.40 bits per heavy atom. The van der Waals surface area contributed by atoms with Crippen molar-refractivity contribution in [1.29, 1.82) is 0 Å². The van der Waals surface area contributed by atoms with Crippen molar-refractivity contribution in [3.8, 4) is 22.8 Å². The third-order valence-corrected chi connectivity index (χ3v) is 21.1. The van der Waals surface area contributed by atoms with Gasteiger partial charge in [-0.05, 0) is 114 Å². The van der Waals surface area contributed by atoms with Gasteiger partial charge >= 0.3 is 12.1 Å². The van der Waals surface area contributed by atoms with Crippen molar-refractivity contribution in [3.63, 3.8) is 0 Å². The number of amides is 4. The first-order valence-electron chi connectivity index (χ1n) is 25.5. The zero-order chi connectivity index (χ0) is 50.7. The molecule has 4 saturated carbocycles. The van der Waals surface area contributed by atoms with Crippen LogP contribution in [0.15, 0.2) is 60.7 Å². The lowest BCUT2D eigenvalue weighted by molar-refractivity contribution is 0.0985. The average molecular weight is 1030 g/mol. The minimum Gasteiger partial charge on any atom is -0.395 e. The fraction of sp³-hybridized carbons (Fsp3) is 0.569. The second kappa shape index (κ2) is 21.5. The van der Waals surface area contributed by atoms with Gasteiger partial charge in [0.1, 0.15) is 21.1 Å². The molecule has 2 aromatic carbocycles. The number of nitrogens with zero attached hydrogens (tertiary/aromatic N) is 6. The number of aliphatic hydroxyl groups is 1. The van der Waals surface area contributed by atoms with Crippen molar-refractivity contribution >= 4 is 54.7 Å². The van der Waals surface area contributed by atoms with Crippen molar-refractivity contribution < 1.29 is 41.0 Å². The van der Waals surface area contributed by atoms with Gasteiger partial charge in [-0.3, -0.25) is 0 Å². The van der Waals surface area contributed by atoms with E-state index in [0.717, 1.165) is 74.1 Å². The largest absolute Gasteiger partial charge is 0.395 e. The molecule has 21 heteroatoms. The molecule has 4 aromatic rings. The van der Waals surface area contributed by atoms with Crippen LogP contribution in [0, 0.1) is 0 Å². The molecule has 2 saturated heterocycles. The molecule has 4 aliphatic carbocycles. The molecule has 0 spiro atoms. The average Bonchev–Trinajstić information content (AvgIpc) is 4.33. The van der Waals surface area contributed by atoms with Crippen LogP contribution in [0.25, 0.3) is 22.8 Å². The smallest absolute Gasteiger partial charge is 0.319 e. The Balaban J connectivity index is 0.000000178. The summed E-state index contributed by atoms with van der Waals surface area (Å²) in [5, 5.41) is 18.9. The van der Waals surface area contributed by atoms with Gasteiger partial charge in [0.25, 0.3) is 0 Å². The zero-order valence-corrected chi connectivity index (χ0v) is 43.1. The van der Waals surface area contributed by atoms with Gasteiger partial charge in [-0.25, -0.2) is 46.4 Å². The Labute approximate surface area is 422 Å². The van der Waals surface area contributed by atoms with Gasteiger partial charge in [0.2, 0.25) is 0 Å². The fourth-order valence-electron chi connectivity index (χ4n) is 10.6. The van der Waals surface area contributed by atoms with E-state index in [4.69, 9.17) is 34.5 Å². The standard InChI is InChI=1S/C26H35N5O5S.C25H33N5O4S/c1-18-17-36-15-13-31(18)23-16-22(26(10-2-3-11-26)37(34,35)21-8-9-21)29-24(30-23)19-4-6-20(7-5-19)28-25(33)27-12-14-32;1-17-16-34-14-13-30(17)22-15-21(25(11-3-4-12-25)35(32,33)20-9-10-20)28-23(29-22)18-5-7-19(8-6-18)27-24(31)26-2/h4-7,16,18,21,32H,2-3,8-15,17H2,1H3,(H2,27,28,33);5-8,15,17,20H,3-4,9-14,16H2,1-2H3,(H2,26,27,31)/t18-;17-/m00/s1. The molecule has 5 N–H and O–H groups in total. The summed E-state index contributed by atoms with van der Waals surface area (Å²) in [6.45, 7) is 7.93. The summed E-state index contributed by atoms with van der Waals surface area (Å²) in [4.78, 5) is 47.5. The van der Waals surface area contributed by atoms with E-state index in [-0.39, 0.29) is 41.8 Å². The van der Waals surface area contributed by atoms with Crippen molar-refractivity contribution in [1.82, 2.24) is 30.6 Å². The molecular weight excluding hydrogens is 961 g/mol. The highest BCUT2D eigenvalue weighted by Crippen LogP contribution is 2.53. The predicted octanol–water partition coefficient (Wildman–Crippen LogP) is 6.30. The van der Waals surface area contributed by atoms with Crippen LogP contribution in [0.3, 0.4) is 0 Å². The van der Waals surface area contributed by atoms with Crippen molar-refractivity contribution in [2.75, 3.05) is 80.1 Å². The summed E-state index contributed by atoms with van der Waals surface area (Å²) in [5.41, 5.74) is 3.96. The molecule has 0 bridgehead atoms. The molecule has 10 rings (SSSR count). The number of aliphatic hydroxyl groups excluding tert-OH is 1. The van der Waals surface area contributed by atoms with Gasteiger partial charge in [-0.15, -0.1) is 0 Å². The van der Waals surface area contributed by atoms with Gasteiger partial charge < -0.3 is 45.6 Å². The number of hydrogen-bond acceptors (Lipinski definition) is 15. The molecule has 2 aromatic heterocycles. The van der Waals surface area contributed by atoms with Gasteiger partial charge in [-0.2, -0.15) is 0 Å². The van der Waals surface area contributed by atoms with E-state index in [1.807, 2.05) is 36.4 Å². The Kier molecular flexibility index (Phi) is 15.4. The normalized spacial score (nSPS) is 21.8. The number of rotatable bonds is 14. The number of ether oxygens (including phenoxy) is 2. The van der Waals surface area contributed by atoms with Gasteiger partial charge in [0, 0.05) is 61.3 Å². The molecule has 72 heavy (non-hydrogen) atoms. The Morgan fingerprint density at radius 2 is 1.04 bits per heavy atom. The van der Waals surface area contributed by atoms with Crippen LogP contribution in [-0.4, -0.2) is 136 Å². The first-order chi connectivity index (χ1) is 34.7. The first kappa shape index (κ1) is 51.4. The molecule has 2 aliphatic heterocycles. The third kappa shape index (κ3) is 10.6. The van der Waals surface area contributed by atoms with Crippen molar-refractivity contribution in [2.24, 2.45) is 0 Å². The molecule has 19 nitrogen and oxygen atoms in total. The Bertz CT molecular complexity index is 2800. The molecule has 4 heterocycles. The van der Waals surface area contributed by atoms with Gasteiger partial charge in [0.05, 0.1) is 67.0 Å². The topological polar surface area (TPSA) is 247 Å². The summed E-state index contributed by atoms with van der Waals surface area (Å²) in [6.07, 6.45) is 8.85. The lowest BCUT2D eigenvalue weighted by Crippen LogP contribution is -2.44. The summed E-state index contributed by atoms with van der Waals surface area (Å²) >= 11 is 0. The molecule has 4 amide bonds. The number of morpholine rings is 2. The number of nitrogens with one attached hydrogen (secondary N) is 4. The Morgan fingerprint density at radius 1 is 0.639 bits per heavy atom. The summed E-state index contributed by atoms with van der Waals surface area (Å²) in [7, 11) is -5.16. The van der Waals surface area contributed by atoms with E-state index in [1.54, 1.807) is 31.3 Å². The number of carbonyl (C=O) groups is 2. The molecule has 0 radical (unpaired) electrons. The van der Waals surface area contributed by atoms with E-state index < -0.39 is 35.2 Å². The maximum Gasteiger partial charge on any atom is 0.319 e. The monoisotopic (exact) mass is 1030 g/mol. The quantitative estimate of drug-likeness (QED) is 0.0931. The number of carbonyl (C=O) groups excluding carboxylic acids is 2. The fourth-order valence-corrected chi connectivity index (χ4v) is 15.9. The number of hydrogen-bond donors (Lipinski definition) is 5. The van der Waals surface area contributed by atoms with Crippen LogP contribution in [0.5, 0.6) is 0 Å². The lowest BCUT2D eigenvalue weighted by Gasteiger charge is -2.36. The predicted molar refractivity (Wildman–Crippen MR) is 277 cm³/mol. The highest BCUT2D eigenvalue weighted by atomic mass is 32.2. The van der Waals surface area contributed by atoms with Crippen LogP contribution in [0.4, 0.5) is 32.6 Å². The third-order valence-electron chi connectivity index (χ3n) is 14.9. The molecule has 0 unspecified atom stereocenters. The lowest BCUT2D eigenvalue weighted by atomic mass is 10.0. The van der Waals surface area contributed by atoms with Crippen molar-refractivity contribution in [2.45, 2.75) is 123 Å². The van der Waals surface area contributed by atoms with Crippen LogP contribution in [0.2, 0.25) is 0 Å². The van der Waals surface area contributed by atoms with E-state index >= 15 is 0 Å². The minimum atomic E-state index is -3.37. The molecule has 6 fully saturated rings. The number of anilines is 4. The number of aromatic nitrogens is 4. The number of urea groups is 2. The van der Waals surface area contributed by atoms with Crippen LogP contribution < -0.4 is 31.1 Å².